The largest absolute Gasteiger partial charge is 0.484 e. The van der Waals surface area contributed by atoms with Crippen molar-refractivity contribution >= 4 is 33.2 Å². The van der Waals surface area contributed by atoms with Crippen LogP contribution >= 0.6 is 11.6 Å². The van der Waals surface area contributed by atoms with Gasteiger partial charge in [-0.2, -0.15) is 4.31 Å². The highest BCUT2D eigenvalue weighted by Crippen LogP contribution is 2.25. The third-order valence-corrected chi connectivity index (χ3v) is 8.52. The second kappa shape index (κ2) is 10.3. The highest BCUT2D eigenvalue weighted by molar-refractivity contribution is 7.89. The fraction of sp³-hybridized carbons (Fsp3) is 0.458. The fourth-order valence-electron chi connectivity index (χ4n) is 4.21. The lowest BCUT2D eigenvalue weighted by molar-refractivity contribution is -0.133. The van der Waals surface area contributed by atoms with Gasteiger partial charge in [-0.25, -0.2) is 8.42 Å². The molecule has 0 spiro atoms. The second-order valence-electron chi connectivity index (χ2n) is 8.69. The fourth-order valence-corrected chi connectivity index (χ4v) is 5.86. The third-order valence-electron chi connectivity index (χ3n) is 6.37. The number of nitrogens with zero attached hydrogens (tertiary/aromatic N) is 3. The van der Waals surface area contributed by atoms with E-state index < -0.39 is 10.0 Å². The summed E-state index contributed by atoms with van der Waals surface area (Å²) in [5.74, 6) is 0.955. The summed E-state index contributed by atoms with van der Waals surface area (Å²) in [6.45, 7) is 5.87. The molecule has 0 aliphatic carbocycles. The quantitative estimate of drug-likeness (QED) is 0.618. The van der Waals surface area contributed by atoms with Gasteiger partial charge in [-0.1, -0.05) is 24.6 Å². The molecule has 0 atom stereocenters. The van der Waals surface area contributed by atoms with Gasteiger partial charge in [0.2, 0.25) is 10.0 Å². The summed E-state index contributed by atoms with van der Waals surface area (Å²) in [7, 11) is -3.49. The van der Waals surface area contributed by atoms with Gasteiger partial charge < -0.3 is 14.5 Å². The van der Waals surface area contributed by atoms with Crippen molar-refractivity contribution in [3.05, 3.63) is 53.6 Å². The molecule has 0 N–H and O–H groups in total. The minimum atomic E-state index is -3.49. The summed E-state index contributed by atoms with van der Waals surface area (Å²) in [6.07, 6.45) is 1.77. The summed E-state index contributed by atoms with van der Waals surface area (Å²) in [5.41, 5.74) is 1.06. The van der Waals surface area contributed by atoms with Crippen LogP contribution in [0.25, 0.3) is 0 Å². The van der Waals surface area contributed by atoms with Crippen LogP contribution in [0.3, 0.4) is 0 Å². The topological polar surface area (TPSA) is 70.2 Å². The van der Waals surface area contributed by atoms with Gasteiger partial charge in [-0.3, -0.25) is 4.79 Å². The summed E-state index contributed by atoms with van der Waals surface area (Å²) >= 11 is 6.08. The minimum absolute atomic E-state index is 0.0761. The van der Waals surface area contributed by atoms with Gasteiger partial charge in [0.05, 0.1) is 4.90 Å². The van der Waals surface area contributed by atoms with E-state index in [0.29, 0.717) is 42.9 Å². The maximum absolute atomic E-state index is 12.8. The van der Waals surface area contributed by atoms with E-state index in [1.165, 1.54) is 0 Å². The predicted octanol–water partition coefficient (Wildman–Crippen LogP) is 3.49. The first-order valence-electron chi connectivity index (χ1n) is 11.3. The van der Waals surface area contributed by atoms with Crippen molar-refractivity contribution in [3.8, 4) is 5.75 Å². The zero-order valence-corrected chi connectivity index (χ0v) is 20.4. The molecule has 2 aliphatic heterocycles. The number of hydrogen-bond donors (Lipinski definition) is 0. The monoisotopic (exact) mass is 491 g/mol. The van der Waals surface area contributed by atoms with Crippen molar-refractivity contribution in [3.63, 3.8) is 0 Å². The molecule has 2 fully saturated rings. The van der Waals surface area contributed by atoms with Crippen molar-refractivity contribution in [2.75, 3.05) is 50.8 Å². The van der Waals surface area contributed by atoms with E-state index in [4.69, 9.17) is 16.3 Å². The lowest BCUT2D eigenvalue weighted by atomic mass is 10.0. The van der Waals surface area contributed by atoms with Gasteiger partial charge in [-0.15, -0.1) is 0 Å². The van der Waals surface area contributed by atoms with Crippen molar-refractivity contribution in [1.82, 2.24) is 9.21 Å². The number of carbonyl (C=O) groups is 1. The molecule has 178 valence electrons. The van der Waals surface area contributed by atoms with Gasteiger partial charge in [0.1, 0.15) is 5.75 Å². The van der Waals surface area contributed by atoms with Crippen LogP contribution in [-0.4, -0.2) is 69.4 Å². The number of ether oxygens (including phenoxy) is 1. The normalized spacial score (nSPS) is 18.4. The van der Waals surface area contributed by atoms with E-state index in [1.54, 1.807) is 33.5 Å². The number of piperidine rings is 1. The van der Waals surface area contributed by atoms with Crippen molar-refractivity contribution in [1.29, 1.82) is 0 Å². The van der Waals surface area contributed by atoms with E-state index in [2.05, 4.69) is 11.8 Å². The van der Waals surface area contributed by atoms with Crippen LogP contribution in [0.5, 0.6) is 5.75 Å². The Kier molecular flexibility index (Phi) is 7.46. The second-order valence-corrected chi connectivity index (χ2v) is 11.1. The van der Waals surface area contributed by atoms with E-state index in [0.717, 1.165) is 31.6 Å². The highest BCUT2D eigenvalue weighted by atomic mass is 35.5. The molecule has 4 rings (SSSR count). The molecule has 1 amide bonds. The summed E-state index contributed by atoms with van der Waals surface area (Å²) in [5, 5.41) is 0.698. The number of benzene rings is 2. The van der Waals surface area contributed by atoms with Crippen LogP contribution in [0.2, 0.25) is 5.02 Å². The van der Waals surface area contributed by atoms with E-state index >= 15 is 0 Å². The molecular weight excluding hydrogens is 462 g/mol. The smallest absolute Gasteiger partial charge is 0.260 e. The van der Waals surface area contributed by atoms with Crippen LogP contribution in [0.15, 0.2) is 53.4 Å². The molecule has 0 unspecified atom stereocenters. The first-order chi connectivity index (χ1) is 15.8. The Bertz CT molecular complexity index is 1060. The molecule has 2 aromatic rings. The number of carbonyl (C=O) groups excluding carboxylic acids is 1. The molecule has 0 radical (unpaired) electrons. The highest BCUT2D eigenvalue weighted by Gasteiger charge is 2.28. The number of sulfonamides is 1. The van der Waals surface area contributed by atoms with Crippen molar-refractivity contribution < 1.29 is 17.9 Å². The van der Waals surface area contributed by atoms with Gasteiger partial charge in [-0.05, 0) is 61.2 Å². The van der Waals surface area contributed by atoms with Crippen LogP contribution in [0.4, 0.5) is 5.69 Å². The molecule has 2 heterocycles. The molecule has 2 aliphatic rings. The Morgan fingerprint density at radius 2 is 1.67 bits per heavy atom. The molecular formula is C24H30ClN3O4S. The number of anilines is 1. The third kappa shape index (κ3) is 5.80. The molecule has 0 aromatic heterocycles. The van der Waals surface area contributed by atoms with Gasteiger partial charge in [0, 0.05) is 50.0 Å². The Morgan fingerprint density at radius 3 is 2.30 bits per heavy atom. The lowest BCUT2D eigenvalue weighted by Crippen LogP contribution is -2.50. The minimum Gasteiger partial charge on any atom is -0.484 e. The van der Waals surface area contributed by atoms with E-state index in [-0.39, 0.29) is 17.4 Å². The lowest BCUT2D eigenvalue weighted by Gasteiger charge is -2.36. The molecule has 33 heavy (non-hydrogen) atoms. The Labute approximate surface area is 200 Å². The summed E-state index contributed by atoms with van der Waals surface area (Å²) in [4.78, 5) is 16.8. The van der Waals surface area contributed by atoms with E-state index in [1.807, 2.05) is 24.3 Å². The molecule has 7 nitrogen and oxygen atoms in total. The van der Waals surface area contributed by atoms with Crippen LogP contribution in [-0.2, 0) is 14.8 Å². The average Bonchev–Trinajstić information content (AvgIpc) is 2.83. The molecule has 0 bridgehead atoms. The molecule has 0 saturated carbocycles. The Morgan fingerprint density at radius 1 is 1.00 bits per heavy atom. The van der Waals surface area contributed by atoms with Crippen LogP contribution in [0.1, 0.15) is 19.8 Å². The number of amides is 1. The van der Waals surface area contributed by atoms with Crippen molar-refractivity contribution in [2.24, 2.45) is 5.92 Å². The van der Waals surface area contributed by atoms with E-state index in [9.17, 15) is 13.2 Å². The summed E-state index contributed by atoms with van der Waals surface area (Å²) < 4.78 is 32.9. The number of rotatable bonds is 6. The number of piperazine rings is 1. The number of hydrogen-bond acceptors (Lipinski definition) is 5. The maximum atomic E-state index is 12.8. The molecule has 2 aromatic carbocycles. The average molecular weight is 492 g/mol. The first-order valence-corrected chi connectivity index (χ1v) is 13.2. The Hall–Kier alpha value is -2.29. The summed E-state index contributed by atoms with van der Waals surface area (Å²) in [6, 6.07) is 14.0. The molecule has 2 saturated heterocycles. The van der Waals surface area contributed by atoms with Gasteiger partial charge >= 0.3 is 0 Å². The van der Waals surface area contributed by atoms with Crippen LogP contribution < -0.4 is 9.64 Å². The SMILES string of the molecule is CC1CCN(S(=O)(=O)c2ccc(OCC(=O)N3CCN(c4cccc(Cl)c4)CC3)cc2)CC1. The van der Waals surface area contributed by atoms with Crippen molar-refractivity contribution in [2.45, 2.75) is 24.7 Å². The zero-order valence-electron chi connectivity index (χ0n) is 18.8. The first kappa shape index (κ1) is 23.9. The molecule has 9 heteroatoms. The number of halogens is 1. The predicted molar refractivity (Wildman–Crippen MR) is 129 cm³/mol. The standard InChI is InChI=1S/C24H30ClN3O4S/c1-19-9-11-28(12-10-19)33(30,31)23-7-5-22(6-8-23)32-18-24(29)27-15-13-26(14-16-27)21-4-2-3-20(25)17-21/h2-8,17,19H,9-16,18H2,1H3. The zero-order chi connectivity index (χ0) is 23.4. The van der Waals surface area contributed by atoms with Crippen LogP contribution in [0, 0.1) is 5.92 Å². The Balaban J connectivity index is 1.27. The maximum Gasteiger partial charge on any atom is 0.260 e. The van der Waals surface area contributed by atoms with Gasteiger partial charge in [0.25, 0.3) is 5.91 Å². The van der Waals surface area contributed by atoms with Gasteiger partial charge in [0.15, 0.2) is 6.61 Å².